The van der Waals surface area contributed by atoms with Gasteiger partial charge in [0.05, 0.1) is 0 Å². The van der Waals surface area contributed by atoms with E-state index < -0.39 is 0 Å². The molecule has 138 valence electrons. The summed E-state index contributed by atoms with van der Waals surface area (Å²) >= 11 is 0. The molecule has 26 heavy (non-hydrogen) atoms. The molecule has 0 bridgehead atoms. The number of aromatic nitrogens is 1. The first-order valence-corrected chi connectivity index (χ1v) is 9.74. The molecule has 2 heterocycles. The molecule has 0 spiro atoms. The molecule has 1 saturated heterocycles. The maximum absolute atomic E-state index is 4.49. The van der Waals surface area contributed by atoms with E-state index in [2.05, 4.69) is 86.7 Å². The van der Waals surface area contributed by atoms with Gasteiger partial charge < -0.3 is 4.57 Å². The van der Waals surface area contributed by atoms with Crippen molar-refractivity contribution < 1.29 is 0 Å². The number of likely N-dealkylation sites (tertiary alicyclic amines) is 1. The quantitative estimate of drug-likeness (QED) is 0.629. The van der Waals surface area contributed by atoms with Crippen molar-refractivity contribution in [3.8, 4) is 5.69 Å². The molecule has 1 aliphatic rings. The van der Waals surface area contributed by atoms with Crippen LogP contribution in [0.2, 0.25) is 0 Å². The number of rotatable bonds is 5. The van der Waals surface area contributed by atoms with Crippen LogP contribution in [0.1, 0.15) is 42.3 Å². The Bertz CT molecular complexity index is 786. The van der Waals surface area contributed by atoms with Crippen molar-refractivity contribution in [2.24, 2.45) is 5.92 Å². The average Bonchev–Trinajstić information content (AvgIpc) is 2.95. The van der Waals surface area contributed by atoms with Gasteiger partial charge >= 0.3 is 0 Å². The SMILES string of the molecule is C=CC1CCN(C(C)C(=C)c2cc(C)n(-c3ccc(C)cc3)c2C)CC1. The van der Waals surface area contributed by atoms with Gasteiger partial charge in [0.1, 0.15) is 0 Å². The van der Waals surface area contributed by atoms with Crippen LogP contribution in [0.4, 0.5) is 0 Å². The van der Waals surface area contributed by atoms with Crippen LogP contribution in [-0.2, 0) is 0 Å². The Kier molecular flexibility index (Phi) is 5.52. The highest BCUT2D eigenvalue weighted by Gasteiger charge is 2.25. The van der Waals surface area contributed by atoms with E-state index in [9.17, 15) is 0 Å². The second kappa shape index (κ2) is 7.67. The zero-order valence-electron chi connectivity index (χ0n) is 16.8. The molecule has 1 aliphatic heterocycles. The van der Waals surface area contributed by atoms with Crippen LogP contribution in [-0.4, -0.2) is 28.6 Å². The molecule has 1 unspecified atom stereocenters. The highest BCUT2D eigenvalue weighted by molar-refractivity contribution is 5.70. The predicted molar refractivity (Wildman–Crippen MR) is 113 cm³/mol. The monoisotopic (exact) mass is 348 g/mol. The molecule has 0 radical (unpaired) electrons. The second-order valence-electron chi connectivity index (χ2n) is 7.77. The largest absolute Gasteiger partial charge is 0.318 e. The van der Waals surface area contributed by atoms with Gasteiger partial charge in [0.15, 0.2) is 0 Å². The van der Waals surface area contributed by atoms with E-state index in [0.29, 0.717) is 12.0 Å². The summed E-state index contributed by atoms with van der Waals surface area (Å²) in [5.74, 6) is 0.679. The van der Waals surface area contributed by atoms with E-state index >= 15 is 0 Å². The summed E-state index contributed by atoms with van der Waals surface area (Å²) in [6.07, 6.45) is 4.54. The Morgan fingerprint density at radius 1 is 1.12 bits per heavy atom. The molecule has 0 amide bonds. The highest BCUT2D eigenvalue weighted by atomic mass is 15.2. The van der Waals surface area contributed by atoms with Crippen molar-refractivity contribution in [3.63, 3.8) is 0 Å². The van der Waals surface area contributed by atoms with Crippen molar-refractivity contribution in [2.45, 2.75) is 46.6 Å². The molecule has 1 aromatic heterocycles. The number of piperidine rings is 1. The van der Waals surface area contributed by atoms with E-state index in [-0.39, 0.29) is 0 Å². The van der Waals surface area contributed by atoms with Gasteiger partial charge in [-0.1, -0.05) is 30.4 Å². The minimum absolute atomic E-state index is 0.368. The zero-order chi connectivity index (χ0) is 18.8. The number of benzene rings is 1. The summed E-state index contributed by atoms with van der Waals surface area (Å²) in [5, 5.41) is 0. The molecular formula is C24H32N2. The number of hydrogen-bond donors (Lipinski definition) is 0. The topological polar surface area (TPSA) is 8.17 Å². The van der Waals surface area contributed by atoms with Gasteiger partial charge in [0, 0.05) is 23.1 Å². The molecule has 2 heteroatoms. The van der Waals surface area contributed by atoms with E-state index in [1.54, 1.807) is 0 Å². The third kappa shape index (κ3) is 3.57. The van der Waals surface area contributed by atoms with Crippen molar-refractivity contribution in [3.05, 3.63) is 72.1 Å². The van der Waals surface area contributed by atoms with Crippen molar-refractivity contribution in [2.75, 3.05) is 13.1 Å². The first-order valence-electron chi connectivity index (χ1n) is 9.74. The standard InChI is InChI=1S/C24H32N2/c1-7-22-12-14-25(15-13-22)20(5)19(4)24-16-18(3)26(21(24)6)23-10-8-17(2)9-11-23/h7-11,16,20,22H,1,4,12-15H2,2-3,5-6H3. The Labute approximate surface area is 158 Å². The smallest absolute Gasteiger partial charge is 0.0455 e. The highest BCUT2D eigenvalue weighted by Crippen LogP contribution is 2.31. The first-order chi connectivity index (χ1) is 12.4. The van der Waals surface area contributed by atoms with Gasteiger partial charge in [-0.25, -0.2) is 0 Å². The molecule has 1 atom stereocenters. The van der Waals surface area contributed by atoms with Gasteiger partial charge in [-0.15, -0.1) is 6.58 Å². The Morgan fingerprint density at radius 3 is 2.31 bits per heavy atom. The van der Waals surface area contributed by atoms with Crippen molar-refractivity contribution >= 4 is 5.57 Å². The van der Waals surface area contributed by atoms with Gasteiger partial charge in [0.2, 0.25) is 0 Å². The summed E-state index contributed by atoms with van der Waals surface area (Å²) in [5.41, 5.74) is 7.58. The summed E-state index contributed by atoms with van der Waals surface area (Å²) in [7, 11) is 0. The van der Waals surface area contributed by atoms with Crippen molar-refractivity contribution in [1.82, 2.24) is 9.47 Å². The van der Waals surface area contributed by atoms with E-state index in [0.717, 1.165) is 13.1 Å². The lowest BCUT2D eigenvalue weighted by molar-refractivity contribution is 0.183. The maximum atomic E-state index is 4.49. The first kappa shape index (κ1) is 18.7. The number of aryl methyl sites for hydroxylation is 2. The molecule has 2 aromatic rings. The number of hydrogen-bond acceptors (Lipinski definition) is 1. The summed E-state index contributed by atoms with van der Waals surface area (Å²) in [6, 6.07) is 11.4. The normalized spacial score (nSPS) is 17.2. The number of nitrogens with zero attached hydrogens (tertiary/aromatic N) is 2. The van der Waals surface area contributed by atoms with E-state index in [4.69, 9.17) is 0 Å². The lowest BCUT2D eigenvalue weighted by Gasteiger charge is -2.36. The average molecular weight is 349 g/mol. The van der Waals surface area contributed by atoms with E-state index in [1.165, 1.54) is 46.6 Å². The second-order valence-corrected chi connectivity index (χ2v) is 7.77. The fraction of sp³-hybridized carbons (Fsp3) is 0.417. The van der Waals surface area contributed by atoms with Crippen LogP contribution in [0, 0.1) is 26.7 Å². The third-order valence-corrected chi connectivity index (χ3v) is 6.03. The zero-order valence-corrected chi connectivity index (χ0v) is 16.8. The molecular weight excluding hydrogens is 316 g/mol. The van der Waals surface area contributed by atoms with Gasteiger partial charge in [-0.05, 0) is 88.9 Å². The lowest BCUT2D eigenvalue weighted by Crippen LogP contribution is -2.40. The summed E-state index contributed by atoms with van der Waals surface area (Å²) < 4.78 is 2.34. The van der Waals surface area contributed by atoms with Crippen LogP contribution in [0.25, 0.3) is 11.3 Å². The minimum Gasteiger partial charge on any atom is -0.318 e. The summed E-state index contributed by atoms with van der Waals surface area (Å²) in [6.45, 7) is 19.5. The van der Waals surface area contributed by atoms with Crippen LogP contribution in [0.5, 0.6) is 0 Å². The fourth-order valence-corrected chi connectivity index (χ4v) is 4.17. The predicted octanol–water partition coefficient (Wildman–Crippen LogP) is 5.70. The van der Waals surface area contributed by atoms with Gasteiger partial charge in [-0.2, -0.15) is 0 Å². The Hall–Kier alpha value is -2.06. The van der Waals surface area contributed by atoms with Crippen LogP contribution in [0.3, 0.4) is 0 Å². The molecule has 1 fully saturated rings. The molecule has 3 rings (SSSR count). The van der Waals surface area contributed by atoms with Gasteiger partial charge in [-0.3, -0.25) is 4.90 Å². The van der Waals surface area contributed by atoms with Crippen molar-refractivity contribution in [1.29, 1.82) is 0 Å². The Balaban J connectivity index is 1.83. The maximum Gasteiger partial charge on any atom is 0.0455 e. The summed E-state index contributed by atoms with van der Waals surface area (Å²) in [4.78, 5) is 2.57. The van der Waals surface area contributed by atoms with E-state index in [1.807, 2.05) is 0 Å². The molecule has 2 nitrogen and oxygen atoms in total. The fourth-order valence-electron chi connectivity index (χ4n) is 4.17. The van der Waals surface area contributed by atoms with Crippen LogP contribution >= 0.6 is 0 Å². The lowest BCUT2D eigenvalue weighted by atomic mass is 9.93. The Morgan fingerprint density at radius 2 is 1.73 bits per heavy atom. The van der Waals surface area contributed by atoms with Crippen LogP contribution < -0.4 is 0 Å². The van der Waals surface area contributed by atoms with Crippen LogP contribution in [0.15, 0.2) is 49.6 Å². The molecule has 0 saturated carbocycles. The number of allylic oxidation sites excluding steroid dienone is 1. The molecule has 0 N–H and O–H groups in total. The molecule has 1 aromatic carbocycles. The third-order valence-electron chi connectivity index (χ3n) is 6.03. The minimum atomic E-state index is 0.368. The van der Waals surface area contributed by atoms with Gasteiger partial charge in [0.25, 0.3) is 0 Å². The molecule has 0 aliphatic carbocycles.